The first kappa shape index (κ1) is 20.2. The van der Waals surface area contributed by atoms with E-state index in [9.17, 15) is 16.8 Å². The molecule has 2 aromatic carbocycles. The molecule has 0 amide bonds. The minimum absolute atomic E-state index is 0.0933. The topological polar surface area (TPSA) is 92.8 Å². The zero-order chi connectivity index (χ0) is 19.4. The van der Waals surface area contributed by atoms with E-state index in [0.717, 1.165) is 4.31 Å². The third kappa shape index (κ3) is 4.96. The van der Waals surface area contributed by atoms with E-state index in [4.69, 9.17) is 4.74 Å². The van der Waals surface area contributed by atoms with Crippen LogP contribution in [0.25, 0.3) is 0 Å². The Morgan fingerprint density at radius 1 is 1.00 bits per heavy atom. The van der Waals surface area contributed by atoms with E-state index < -0.39 is 20.0 Å². The lowest BCUT2D eigenvalue weighted by atomic mass is 10.2. The molecule has 0 unspecified atom stereocenters. The summed E-state index contributed by atoms with van der Waals surface area (Å²) < 4.78 is 58.6. The zero-order valence-corrected chi connectivity index (χ0v) is 16.5. The maximum atomic E-state index is 12.5. The van der Waals surface area contributed by atoms with Crippen molar-refractivity contribution in [3.8, 4) is 5.75 Å². The first-order valence-corrected chi connectivity index (χ1v) is 11.0. The normalized spacial score (nSPS) is 12.2. The Morgan fingerprint density at radius 2 is 1.65 bits per heavy atom. The van der Waals surface area contributed by atoms with Crippen LogP contribution in [0.1, 0.15) is 12.5 Å². The van der Waals surface area contributed by atoms with Crippen molar-refractivity contribution in [1.29, 1.82) is 0 Å². The van der Waals surface area contributed by atoms with Crippen LogP contribution in [-0.4, -0.2) is 41.8 Å². The Bertz CT molecular complexity index is 956. The number of ether oxygens (including phenoxy) is 1. The van der Waals surface area contributed by atoms with E-state index in [2.05, 4.69) is 4.72 Å². The van der Waals surface area contributed by atoms with Crippen molar-refractivity contribution in [3.63, 3.8) is 0 Å². The van der Waals surface area contributed by atoms with Crippen molar-refractivity contribution in [3.05, 3.63) is 54.1 Å². The molecular formula is C17H22N2O5S2. The standard InChI is InChI=1S/C17H22N2O5S2/c1-4-24-16-11-10-15(12-17(16)26(22,23)19(2)3)18-25(20,21)13-14-8-6-5-7-9-14/h5-12,18H,4,13H2,1-3H3. The third-order valence-corrected chi connectivity index (χ3v) is 6.57. The molecule has 0 aliphatic carbocycles. The van der Waals surface area contributed by atoms with Gasteiger partial charge in [0.2, 0.25) is 20.0 Å². The third-order valence-electron chi connectivity index (χ3n) is 3.48. The number of rotatable bonds is 8. The number of benzene rings is 2. The van der Waals surface area contributed by atoms with Gasteiger partial charge in [0.15, 0.2) is 0 Å². The number of hydrogen-bond acceptors (Lipinski definition) is 5. The molecule has 7 nitrogen and oxygen atoms in total. The Kier molecular flexibility index (Phi) is 6.27. The molecule has 0 saturated heterocycles. The van der Waals surface area contributed by atoms with Gasteiger partial charge in [-0.15, -0.1) is 0 Å². The van der Waals surface area contributed by atoms with Gasteiger partial charge in [0.1, 0.15) is 10.6 Å². The lowest BCUT2D eigenvalue weighted by Crippen LogP contribution is -2.23. The fourth-order valence-electron chi connectivity index (χ4n) is 2.25. The maximum Gasteiger partial charge on any atom is 0.246 e. The summed E-state index contributed by atoms with van der Waals surface area (Å²) in [7, 11) is -4.69. The van der Waals surface area contributed by atoms with Crippen LogP contribution in [0, 0.1) is 0 Å². The van der Waals surface area contributed by atoms with Crippen LogP contribution in [0.2, 0.25) is 0 Å². The molecule has 0 fully saturated rings. The molecule has 0 atom stereocenters. The zero-order valence-electron chi connectivity index (χ0n) is 14.8. The number of hydrogen-bond donors (Lipinski definition) is 1. The van der Waals surface area contributed by atoms with Crippen LogP contribution in [0.3, 0.4) is 0 Å². The van der Waals surface area contributed by atoms with E-state index in [0.29, 0.717) is 5.56 Å². The largest absolute Gasteiger partial charge is 0.492 e. The highest BCUT2D eigenvalue weighted by molar-refractivity contribution is 7.92. The van der Waals surface area contributed by atoms with Gasteiger partial charge in [0, 0.05) is 14.1 Å². The molecule has 0 heterocycles. The van der Waals surface area contributed by atoms with Crippen molar-refractivity contribution in [2.75, 3.05) is 25.4 Å². The molecule has 2 aromatic rings. The average molecular weight is 399 g/mol. The SMILES string of the molecule is CCOc1ccc(NS(=O)(=O)Cc2ccccc2)cc1S(=O)(=O)N(C)C. The smallest absolute Gasteiger partial charge is 0.246 e. The molecule has 0 spiro atoms. The molecule has 0 aliphatic rings. The summed E-state index contributed by atoms with van der Waals surface area (Å²) in [6.07, 6.45) is 0. The highest BCUT2D eigenvalue weighted by atomic mass is 32.2. The second kappa shape index (κ2) is 8.07. The van der Waals surface area contributed by atoms with Gasteiger partial charge in [-0.1, -0.05) is 30.3 Å². The Morgan fingerprint density at radius 3 is 2.23 bits per heavy atom. The number of nitrogens with zero attached hydrogens (tertiary/aromatic N) is 1. The summed E-state index contributed by atoms with van der Waals surface area (Å²) in [4.78, 5) is -0.0933. The van der Waals surface area contributed by atoms with Gasteiger partial charge < -0.3 is 4.74 Å². The van der Waals surface area contributed by atoms with Crippen LogP contribution < -0.4 is 9.46 Å². The van der Waals surface area contributed by atoms with Gasteiger partial charge in [0.25, 0.3) is 0 Å². The predicted molar refractivity (Wildman–Crippen MR) is 101 cm³/mol. The molecule has 0 aliphatic heterocycles. The summed E-state index contributed by atoms with van der Waals surface area (Å²) in [6.45, 7) is 2.03. The van der Waals surface area contributed by atoms with Crippen LogP contribution in [0.15, 0.2) is 53.4 Å². The fraction of sp³-hybridized carbons (Fsp3) is 0.294. The lowest BCUT2D eigenvalue weighted by molar-refractivity contribution is 0.330. The predicted octanol–water partition coefficient (Wildman–Crippen LogP) is 2.28. The molecule has 9 heteroatoms. The van der Waals surface area contributed by atoms with Crippen LogP contribution in [0.4, 0.5) is 5.69 Å². The van der Waals surface area contributed by atoms with Gasteiger partial charge in [-0.3, -0.25) is 4.72 Å². The van der Waals surface area contributed by atoms with E-state index in [1.807, 2.05) is 0 Å². The Hall–Kier alpha value is -2.10. The maximum absolute atomic E-state index is 12.5. The number of anilines is 1. The minimum atomic E-state index is -3.79. The summed E-state index contributed by atoms with van der Waals surface area (Å²) in [5.41, 5.74) is 0.789. The molecule has 0 radical (unpaired) electrons. The van der Waals surface area contributed by atoms with Crippen molar-refractivity contribution >= 4 is 25.7 Å². The molecule has 0 saturated carbocycles. The quantitative estimate of drug-likeness (QED) is 0.736. The van der Waals surface area contributed by atoms with E-state index >= 15 is 0 Å². The van der Waals surface area contributed by atoms with Gasteiger partial charge in [-0.05, 0) is 30.7 Å². The summed E-state index contributed by atoms with van der Waals surface area (Å²) >= 11 is 0. The highest BCUT2D eigenvalue weighted by Crippen LogP contribution is 2.29. The van der Waals surface area contributed by atoms with Crippen LogP contribution >= 0.6 is 0 Å². The second-order valence-corrected chi connectivity index (χ2v) is 9.57. The van der Waals surface area contributed by atoms with E-state index in [1.54, 1.807) is 37.3 Å². The van der Waals surface area contributed by atoms with Gasteiger partial charge in [0.05, 0.1) is 18.0 Å². The summed E-state index contributed by atoms with van der Waals surface area (Å²) in [6, 6.07) is 12.9. The molecule has 142 valence electrons. The van der Waals surface area contributed by atoms with E-state index in [1.165, 1.54) is 32.3 Å². The van der Waals surface area contributed by atoms with Crippen LogP contribution in [0.5, 0.6) is 5.75 Å². The minimum Gasteiger partial charge on any atom is -0.492 e. The first-order valence-electron chi connectivity index (χ1n) is 7.89. The fourth-order valence-corrected chi connectivity index (χ4v) is 4.49. The van der Waals surface area contributed by atoms with Crippen molar-refractivity contribution in [2.24, 2.45) is 0 Å². The molecule has 0 aromatic heterocycles. The Balaban J connectivity index is 2.36. The van der Waals surface area contributed by atoms with Crippen molar-refractivity contribution < 1.29 is 21.6 Å². The molecular weight excluding hydrogens is 376 g/mol. The van der Waals surface area contributed by atoms with Crippen LogP contribution in [-0.2, 0) is 25.8 Å². The highest BCUT2D eigenvalue weighted by Gasteiger charge is 2.24. The van der Waals surface area contributed by atoms with Gasteiger partial charge in [-0.25, -0.2) is 21.1 Å². The Labute approximate surface area is 154 Å². The first-order chi connectivity index (χ1) is 12.2. The lowest BCUT2D eigenvalue weighted by Gasteiger charge is -2.17. The molecule has 26 heavy (non-hydrogen) atoms. The van der Waals surface area contributed by atoms with Gasteiger partial charge in [-0.2, -0.15) is 0 Å². The molecule has 1 N–H and O–H groups in total. The molecule has 2 rings (SSSR count). The van der Waals surface area contributed by atoms with Gasteiger partial charge >= 0.3 is 0 Å². The average Bonchev–Trinajstić information content (AvgIpc) is 2.56. The number of nitrogens with one attached hydrogen (secondary N) is 1. The van der Waals surface area contributed by atoms with Crippen molar-refractivity contribution in [1.82, 2.24) is 4.31 Å². The van der Waals surface area contributed by atoms with Crippen molar-refractivity contribution in [2.45, 2.75) is 17.6 Å². The second-order valence-electron chi connectivity index (χ2n) is 5.73. The van der Waals surface area contributed by atoms with E-state index in [-0.39, 0.29) is 28.7 Å². The number of sulfonamides is 2. The summed E-state index contributed by atoms with van der Waals surface area (Å²) in [5.74, 6) is -0.0382. The molecule has 0 bridgehead atoms. The monoisotopic (exact) mass is 398 g/mol. The summed E-state index contributed by atoms with van der Waals surface area (Å²) in [5, 5.41) is 0.